The van der Waals surface area contributed by atoms with Crippen molar-refractivity contribution in [3.8, 4) is 11.5 Å². The summed E-state index contributed by atoms with van der Waals surface area (Å²) < 4.78 is 5.43. The van der Waals surface area contributed by atoms with Crippen LogP contribution in [0.2, 0.25) is 0 Å². The third-order valence-electron chi connectivity index (χ3n) is 6.86. The molecule has 5 rings (SSSR count). The van der Waals surface area contributed by atoms with Crippen LogP contribution in [0.15, 0.2) is 42.5 Å². The molecule has 178 valence electrons. The first-order chi connectivity index (χ1) is 16.4. The lowest BCUT2D eigenvalue weighted by Gasteiger charge is -2.42. The van der Waals surface area contributed by atoms with Crippen LogP contribution in [-0.4, -0.2) is 75.8 Å². The van der Waals surface area contributed by atoms with E-state index in [4.69, 9.17) is 9.84 Å². The van der Waals surface area contributed by atoms with Crippen LogP contribution in [0.3, 0.4) is 0 Å². The van der Waals surface area contributed by atoms with E-state index in [1.165, 1.54) is 4.90 Å². The Bertz CT molecular complexity index is 1270. The van der Waals surface area contributed by atoms with Gasteiger partial charge in [0.15, 0.2) is 0 Å². The number of carbonyl (C=O) groups is 2. The van der Waals surface area contributed by atoms with E-state index >= 15 is 0 Å². The number of aliphatic hydroxyl groups is 1. The molecule has 3 amide bonds. The summed E-state index contributed by atoms with van der Waals surface area (Å²) >= 11 is 0. The predicted octanol–water partition coefficient (Wildman–Crippen LogP) is 2.13. The zero-order valence-corrected chi connectivity index (χ0v) is 19.2. The third-order valence-corrected chi connectivity index (χ3v) is 6.86. The van der Waals surface area contributed by atoms with E-state index in [1.807, 2.05) is 31.2 Å². The zero-order valence-electron chi connectivity index (χ0n) is 19.2. The number of phenols is 1. The molecule has 1 unspecified atom stereocenters. The lowest BCUT2D eigenvalue weighted by Crippen LogP contribution is -2.53. The van der Waals surface area contributed by atoms with Crippen LogP contribution in [0.1, 0.15) is 29.8 Å². The van der Waals surface area contributed by atoms with Crippen molar-refractivity contribution in [1.82, 2.24) is 20.1 Å². The van der Waals surface area contributed by atoms with Gasteiger partial charge in [0.05, 0.1) is 13.7 Å². The van der Waals surface area contributed by atoms with E-state index in [-0.39, 0.29) is 30.8 Å². The monoisotopic (exact) mass is 464 g/mol. The smallest absolute Gasteiger partial charge is 0.328 e. The molecule has 4 N–H and O–H groups in total. The first kappa shape index (κ1) is 22.2. The summed E-state index contributed by atoms with van der Waals surface area (Å²) in [5.41, 5.74) is 2.31. The van der Waals surface area contributed by atoms with Gasteiger partial charge in [0.25, 0.3) is 5.91 Å². The number of aromatic nitrogens is 1. The van der Waals surface area contributed by atoms with E-state index in [0.29, 0.717) is 30.8 Å². The number of rotatable bonds is 7. The number of methoxy groups -OCH3 is 1. The van der Waals surface area contributed by atoms with Gasteiger partial charge in [-0.1, -0.05) is 12.1 Å². The molecule has 0 saturated carbocycles. The van der Waals surface area contributed by atoms with Gasteiger partial charge in [0, 0.05) is 42.7 Å². The fourth-order valence-corrected chi connectivity index (χ4v) is 5.25. The molecule has 34 heavy (non-hydrogen) atoms. The van der Waals surface area contributed by atoms with E-state index in [2.05, 4.69) is 10.3 Å². The first-order valence-electron chi connectivity index (χ1n) is 11.3. The Hall–Kier alpha value is -3.56. The molecule has 1 fully saturated rings. The molecule has 3 aromatic rings. The summed E-state index contributed by atoms with van der Waals surface area (Å²) in [5.74, 6) is 0.546. The molecule has 0 spiro atoms. The van der Waals surface area contributed by atoms with Crippen molar-refractivity contribution in [1.29, 1.82) is 0 Å². The number of ether oxygens (including phenoxy) is 1. The van der Waals surface area contributed by atoms with Gasteiger partial charge in [-0.15, -0.1) is 0 Å². The number of urea groups is 1. The van der Waals surface area contributed by atoms with Crippen LogP contribution in [0.25, 0.3) is 10.9 Å². The fourth-order valence-electron chi connectivity index (χ4n) is 5.25. The molecule has 2 aliphatic heterocycles. The number of phenolic OH excluding ortho intramolecular Hbond substituents is 1. The number of hydrogen-bond donors (Lipinski definition) is 4. The minimum Gasteiger partial charge on any atom is -0.508 e. The summed E-state index contributed by atoms with van der Waals surface area (Å²) in [4.78, 5) is 33.7. The third kappa shape index (κ3) is 3.31. The molecule has 1 aromatic heterocycles. The van der Waals surface area contributed by atoms with Crippen LogP contribution < -0.4 is 10.1 Å². The van der Waals surface area contributed by atoms with E-state index in [9.17, 15) is 14.7 Å². The van der Waals surface area contributed by atoms with E-state index in [1.54, 1.807) is 30.2 Å². The van der Waals surface area contributed by atoms with Crippen molar-refractivity contribution in [2.75, 3.05) is 33.4 Å². The summed E-state index contributed by atoms with van der Waals surface area (Å²) in [6.45, 7) is 2.79. The molecular weight excluding hydrogens is 436 g/mol. The lowest BCUT2D eigenvalue weighted by atomic mass is 9.81. The maximum absolute atomic E-state index is 13.7. The second kappa shape index (κ2) is 8.34. The fraction of sp³-hybridized carbons (Fsp3) is 0.360. The Morgan fingerprint density at radius 3 is 2.76 bits per heavy atom. The Morgan fingerprint density at radius 2 is 2.03 bits per heavy atom. The molecule has 0 bridgehead atoms. The van der Waals surface area contributed by atoms with Crippen LogP contribution in [0.4, 0.5) is 4.79 Å². The number of aromatic amines is 1. The average molecular weight is 465 g/mol. The number of amides is 3. The second-order valence-corrected chi connectivity index (χ2v) is 8.96. The van der Waals surface area contributed by atoms with Crippen LogP contribution in [0.5, 0.6) is 11.5 Å². The number of aliphatic hydroxyl groups excluding tert-OH is 1. The maximum Gasteiger partial charge on any atom is 0.328 e. The van der Waals surface area contributed by atoms with E-state index in [0.717, 1.165) is 22.2 Å². The largest absolute Gasteiger partial charge is 0.508 e. The molecular formula is C25H28N4O5. The highest BCUT2D eigenvalue weighted by Gasteiger charge is 2.60. The van der Waals surface area contributed by atoms with Gasteiger partial charge >= 0.3 is 6.03 Å². The molecule has 2 aliphatic rings. The number of imide groups is 1. The number of hydrogen-bond acceptors (Lipinski definition) is 6. The topological polar surface area (TPSA) is 118 Å². The number of H-pyrrole nitrogens is 1. The predicted molar refractivity (Wildman–Crippen MR) is 126 cm³/mol. The second-order valence-electron chi connectivity index (χ2n) is 8.96. The van der Waals surface area contributed by atoms with Crippen molar-refractivity contribution in [3.05, 3.63) is 59.3 Å². The highest BCUT2D eigenvalue weighted by Crippen LogP contribution is 2.49. The first-order valence-corrected chi connectivity index (χ1v) is 11.3. The Morgan fingerprint density at radius 1 is 1.21 bits per heavy atom. The quantitative estimate of drug-likeness (QED) is 0.314. The van der Waals surface area contributed by atoms with Crippen LogP contribution >= 0.6 is 0 Å². The van der Waals surface area contributed by atoms with Gasteiger partial charge in [-0.3, -0.25) is 14.6 Å². The van der Waals surface area contributed by atoms with Gasteiger partial charge in [0.1, 0.15) is 23.1 Å². The molecule has 2 aromatic carbocycles. The van der Waals surface area contributed by atoms with Crippen molar-refractivity contribution in [2.45, 2.75) is 24.9 Å². The molecule has 0 radical (unpaired) electrons. The van der Waals surface area contributed by atoms with Gasteiger partial charge in [-0.05, 0) is 48.4 Å². The molecule has 1 saturated heterocycles. The lowest BCUT2D eigenvalue weighted by molar-refractivity contribution is -0.133. The van der Waals surface area contributed by atoms with Crippen molar-refractivity contribution >= 4 is 22.8 Å². The number of fused-ring (bicyclic) bond motifs is 4. The van der Waals surface area contributed by atoms with Crippen LogP contribution in [0, 0.1) is 0 Å². The molecule has 3 heterocycles. The zero-order chi connectivity index (χ0) is 24.0. The van der Waals surface area contributed by atoms with Crippen molar-refractivity contribution in [2.24, 2.45) is 0 Å². The highest BCUT2D eigenvalue weighted by molar-refractivity contribution is 6.08. The Kier molecular flexibility index (Phi) is 5.45. The number of nitrogens with zero attached hydrogens (tertiary/aromatic N) is 2. The number of benzene rings is 2. The van der Waals surface area contributed by atoms with Gasteiger partial charge < -0.3 is 25.3 Å². The Balaban J connectivity index is 1.65. The average Bonchev–Trinajstić information content (AvgIpc) is 3.27. The SMILES string of the molecule is COc1ccc2[nH]c3c(c2c1)C[C@@]1(C)C(=O)N(CCNCCO)C(=O)N1C3c1cccc(O)c1. The minimum absolute atomic E-state index is 0.0174. The summed E-state index contributed by atoms with van der Waals surface area (Å²) in [7, 11) is 1.61. The van der Waals surface area contributed by atoms with Gasteiger partial charge in [0.2, 0.25) is 0 Å². The minimum atomic E-state index is -1.09. The highest BCUT2D eigenvalue weighted by atomic mass is 16.5. The van der Waals surface area contributed by atoms with Gasteiger partial charge in [-0.25, -0.2) is 4.79 Å². The summed E-state index contributed by atoms with van der Waals surface area (Å²) in [5, 5.41) is 23.2. The molecule has 2 atom stereocenters. The maximum atomic E-state index is 13.7. The summed E-state index contributed by atoms with van der Waals surface area (Å²) in [6.07, 6.45) is 0.357. The van der Waals surface area contributed by atoms with Crippen molar-refractivity contribution < 1.29 is 24.5 Å². The number of nitrogens with one attached hydrogen (secondary N) is 2. The molecule has 9 heteroatoms. The summed E-state index contributed by atoms with van der Waals surface area (Å²) in [6, 6.07) is 11.6. The standard InChI is InChI=1S/C25H28N4O5/c1-25-14-19-18-13-17(34-2)6-7-20(18)27-21(19)22(15-4-3-5-16(31)12-15)29(25)24(33)28(23(25)32)10-8-26-9-11-30/h3-7,12-13,22,26-27,30-31H,8-11,14H2,1-2H3/t22?,25-/m0/s1. The normalized spacial score (nSPS) is 21.8. The Labute approximate surface area is 196 Å². The van der Waals surface area contributed by atoms with E-state index < -0.39 is 11.6 Å². The number of carbonyl (C=O) groups excluding carboxylic acids is 2. The molecule has 9 nitrogen and oxygen atoms in total. The van der Waals surface area contributed by atoms with Crippen LogP contribution in [-0.2, 0) is 11.2 Å². The van der Waals surface area contributed by atoms with Gasteiger partial charge in [-0.2, -0.15) is 0 Å². The number of aromatic hydroxyl groups is 1. The molecule has 0 aliphatic carbocycles. The van der Waals surface area contributed by atoms with Crippen molar-refractivity contribution in [3.63, 3.8) is 0 Å².